The lowest BCUT2D eigenvalue weighted by Gasteiger charge is -2.17. The number of rotatable bonds is 5. The van der Waals surface area contributed by atoms with E-state index in [0.717, 1.165) is 5.75 Å². The topological polar surface area (TPSA) is 57.8 Å². The molecule has 0 amide bonds. The zero-order chi connectivity index (χ0) is 14.5. The van der Waals surface area contributed by atoms with Gasteiger partial charge in [0.1, 0.15) is 0 Å². The summed E-state index contributed by atoms with van der Waals surface area (Å²) in [5, 5.41) is 3.97. The van der Waals surface area contributed by atoms with Gasteiger partial charge in [0.2, 0.25) is 0 Å². The molecule has 4 nitrogen and oxygen atoms in total. The van der Waals surface area contributed by atoms with Crippen LogP contribution in [-0.2, 0) is 0 Å². The Hall–Kier alpha value is -1.59. The van der Waals surface area contributed by atoms with E-state index in [1.807, 2.05) is 7.05 Å². The van der Waals surface area contributed by atoms with Crippen LogP contribution >= 0.6 is 11.8 Å². The van der Waals surface area contributed by atoms with Crippen LogP contribution in [0, 0.1) is 13.8 Å². The normalized spacial score (nSPS) is 12.3. The van der Waals surface area contributed by atoms with Gasteiger partial charge in [0.15, 0.2) is 5.16 Å². The summed E-state index contributed by atoms with van der Waals surface area (Å²) in [7, 11) is 1.95. The number of hydrogen-bond acceptors (Lipinski definition) is 4. The molecule has 2 N–H and O–H groups in total. The number of benzene rings is 1. The van der Waals surface area contributed by atoms with Crippen molar-refractivity contribution in [3.63, 3.8) is 0 Å². The highest BCUT2D eigenvalue weighted by molar-refractivity contribution is 7.99. The van der Waals surface area contributed by atoms with Crippen LogP contribution in [0.5, 0.6) is 0 Å². The minimum atomic E-state index is -0.116. The van der Waals surface area contributed by atoms with Crippen molar-refractivity contribution in [2.75, 3.05) is 12.8 Å². The Morgan fingerprint density at radius 3 is 2.60 bits per heavy atom. The van der Waals surface area contributed by atoms with Crippen LogP contribution in [0.25, 0.3) is 0 Å². The largest absolute Gasteiger partial charge is 0.312 e. The van der Waals surface area contributed by atoms with E-state index in [1.54, 1.807) is 11.8 Å². The number of H-pyrrole nitrogens is 1. The van der Waals surface area contributed by atoms with Gasteiger partial charge in [-0.2, -0.15) is 0 Å². The molecule has 5 heteroatoms. The second kappa shape index (κ2) is 6.72. The summed E-state index contributed by atoms with van der Waals surface area (Å²) < 4.78 is 0. The lowest BCUT2D eigenvalue weighted by atomic mass is 10.0. The molecule has 2 rings (SSSR count). The van der Waals surface area contributed by atoms with Crippen LogP contribution in [0.15, 0.2) is 40.4 Å². The van der Waals surface area contributed by atoms with Crippen LogP contribution in [0.3, 0.4) is 0 Å². The van der Waals surface area contributed by atoms with Gasteiger partial charge in [0.05, 0.1) is 0 Å². The first-order valence-corrected chi connectivity index (χ1v) is 7.50. The molecule has 0 aliphatic rings. The maximum absolute atomic E-state index is 11.2. The van der Waals surface area contributed by atoms with E-state index in [9.17, 15) is 4.79 Å². The maximum Gasteiger partial charge on any atom is 0.251 e. The number of thioether (sulfide) groups is 1. The summed E-state index contributed by atoms with van der Waals surface area (Å²) in [5.74, 6) is 0.812. The van der Waals surface area contributed by atoms with Gasteiger partial charge in [0, 0.05) is 24.1 Å². The van der Waals surface area contributed by atoms with Crippen LogP contribution in [0.4, 0.5) is 0 Å². The van der Waals surface area contributed by atoms with E-state index in [4.69, 9.17) is 0 Å². The van der Waals surface area contributed by atoms with Crippen LogP contribution in [0.1, 0.15) is 22.7 Å². The van der Waals surface area contributed by atoms with Crippen molar-refractivity contribution in [3.05, 3.63) is 57.5 Å². The third-order valence-corrected chi connectivity index (χ3v) is 4.01. The molecule has 0 bridgehead atoms. The van der Waals surface area contributed by atoms with Crippen molar-refractivity contribution < 1.29 is 0 Å². The molecule has 2 aromatic rings. The third-order valence-electron chi connectivity index (χ3n) is 3.03. The molecule has 0 radical (unpaired) electrons. The van der Waals surface area contributed by atoms with Crippen molar-refractivity contribution in [2.45, 2.75) is 25.0 Å². The molecule has 1 atom stereocenters. The van der Waals surface area contributed by atoms with Crippen molar-refractivity contribution in [3.8, 4) is 0 Å². The molecule has 106 valence electrons. The predicted octanol–water partition coefficient (Wildman–Crippen LogP) is 2.44. The Kier molecular flexibility index (Phi) is 4.98. The number of nitrogens with zero attached hydrogens (tertiary/aromatic N) is 1. The number of hydrogen-bond donors (Lipinski definition) is 2. The van der Waals surface area contributed by atoms with Crippen molar-refractivity contribution in [1.82, 2.24) is 15.3 Å². The van der Waals surface area contributed by atoms with Crippen molar-refractivity contribution in [2.24, 2.45) is 0 Å². The molecule has 20 heavy (non-hydrogen) atoms. The molecule has 1 aromatic carbocycles. The lowest BCUT2D eigenvalue weighted by molar-refractivity contribution is 0.659. The summed E-state index contributed by atoms with van der Waals surface area (Å²) in [5.41, 5.74) is 3.67. The zero-order valence-corrected chi connectivity index (χ0v) is 12.8. The Bertz CT molecular complexity index is 619. The molecular formula is C15H19N3OS. The molecule has 0 saturated heterocycles. The summed E-state index contributed by atoms with van der Waals surface area (Å²) in [4.78, 5) is 18.1. The van der Waals surface area contributed by atoms with E-state index in [0.29, 0.717) is 5.16 Å². The SMILES string of the molecule is CNC(CSc1nccc(=O)[nH]1)c1cc(C)cc(C)c1. The molecule has 0 aliphatic heterocycles. The Morgan fingerprint density at radius 2 is 2.00 bits per heavy atom. The Morgan fingerprint density at radius 1 is 1.30 bits per heavy atom. The maximum atomic E-state index is 11.2. The van der Waals surface area contributed by atoms with Gasteiger partial charge >= 0.3 is 0 Å². The molecule has 0 spiro atoms. The van der Waals surface area contributed by atoms with E-state index >= 15 is 0 Å². The highest BCUT2D eigenvalue weighted by atomic mass is 32.2. The monoisotopic (exact) mass is 289 g/mol. The average Bonchev–Trinajstić information content (AvgIpc) is 2.38. The van der Waals surface area contributed by atoms with E-state index in [-0.39, 0.29) is 11.6 Å². The number of aromatic amines is 1. The van der Waals surface area contributed by atoms with Crippen molar-refractivity contribution in [1.29, 1.82) is 0 Å². The smallest absolute Gasteiger partial charge is 0.251 e. The fourth-order valence-corrected chi connectivity index (χ4v) is 3.14. The minimum absolute atomic E-state index is 0.116. The Labute approximate surface area is 123 Å². The second-order valence-corrected chi connectivity index (χ2v) is 5.82. The first kappa shape index (κ1) is 14.8. The Balaban J connectivity index is 2.11. The average molecular weight is 289 g/mol. The highest BCUT2D eigenvalue weighted by Gasteiger charge is 2.11. The number of aryl methyl sites for hydroxylation is 2. The van der Waals surface area contributed by atoms with Crippen LogP contribution in [-0.4, -0.2) is 22.8 Å². The number of aromatic nitrogens is 2. The van der Waals surface area contributed by atoms with Gasteiger partial charge in [-0.05, 0) is 26.5 Å². The van der Waals surface area contributed by atoms with E-state index < -0.39 is 0 Å². The van der Waals surface area contributed by atoms with E-state index in [1.165, 1.54) is 29.0 Å². The minimum Gasteiger partial charge on any atom is -0.312 e. The van der Waals surface area contributed by atoms with Gasteiger partial charge in [-0.15, -0.1) is 0 Å². The van der Waals surface area contributed by atoms with Gasteiger partial charge in [-0.25, -0.2) is 4.98 Å². The summed E-state index contributed by atoms with van der Waals surface area (Å²) in [6, 6.07) is 8.19. The highest BCUT2D eigenvalue weighted by Crippen LogP contribution is 2.23. The molecule has 1 unspecified atom stereocenters. The zero-order valence-electron chi connectivity index (χ0n) is 11.9. The molecule has 1 aromatic heterocycles. The predicted molar refractivity (Wildman–Crippen MR) is 83.3 cm³/mol. The first-order valence-electron chi connectivity index (χ1n) is 6.52. The number of nitrogens with one attached hydrogen (secondary N) is 2. The second-order valence-electron chi connectivity index (χ2n) is 4.81. The fourth-order valence-electron chi connectivity index (χ4n) is 2.14. The summed E-state index contributed by atoms with van der Waals surface area (Å²) in [6.07, 6.45) is 1.53. The fraction of sp³-hybridized carbons (Fsp3) is 0.333. The van der Waals surface area contributed by atoms with Crippen LogP contribution < -0.4 is 10.9 Å². The quantitative estimate of drug-likeness (QED) is 0.656. The van der Waals surface area contributed by atoms with Gasteiger partial charge < -0.3 is 10.3 Å². The standard InChI is InChI=1S/C15H19N3OS/c1-10-6-11(2)8-12(7-10)13(16-3)9-20-15-17-5-4-14(19)18-15/h4-8,13,16H,9H2,1-3H3,(H,17,18,19). The van der Waals surface area contributed by atoms with Gasteiger partial charge in [-0.3, -0.25) is 4.79 Å². The molecular weight excluding hydrogens is 270 g/mol. The molecule has 1 heterocycles. The van der Waals surface area contributed by atoms with Gasteiger partial charge in [0.25, 0.3) is 5.56 Å². The summed E-state index contributed by atoms with van der Waals surface area (Å²) >= 11 is 1.54. The van der Waals surface area contributed by atoms with Crippen LogP contribution in [0.2, 0.25) is 0 Å². The third kappa shape index (κ3) is 3.95. The molecule has 0 saturated carbocycles. The lowest BCUT2D eigenvalue weighted by Crippen LogP contribution is -2.19. The first-order chi connectivity index (χ1) is 9.58. The molecule has 0 fully saturated rings. The van der Waals surface area contributed by atoms with E-state index in [2.05, 4.69) is 47.3 Å². The molecule has 0 aliphatic carbocycles. The van der Waals surface area contributed by atoms with Gasteiger partial charge in [-0.1, -0.05) is 41.1 Å². The summed E-state index contributed by atoms with van der Waals surface area (Å²) in [6.45, 7) is 4.21. The van der Waals surface area contributed by atoms with Crippen molar-refractivity contribution >= 4 is 11.8 Å².